The lowest BCUT2D eigenvalue weighted by Crippen LogP contribution is -2.38. The molecule has 1 aromatic heterocycles. The zero-order chi connectivity index (χ0) is 21.7. The summed E-state index contributed by atoms with van der Waals surface area (Å²) >= 11 is 0. The van der Waals surface area contributed by atoms with Gasteiger partial charge in [0.1, 0.15) is 11.6 Å². The third kappa shape index (κ3) is 5.50. The highest BCUT2D eigenvalue weighted by molar-refractivity contribution is 5.94. The molecule has 158 valence electrons. The van der Waals surface area contributed by atoms with E-state index in [1.54, 1.807) is 18.2 Å². The van der Waals surface area contributed by atoms with Gasteiger partial charge in [-0.15, -0.1) is 0 Å². The average molecular weight is 411 g/mol. The lowest BCUT2D eigenvalue weighted by molar-refractivity contribution is -0.155. The average Bonchev–Trinajstić information content (AvgIpc) is 3.09. The minimum Gasteiger partial charge on any atom is -0.458 e. The Kier molecular flexibility index (Phi) is 6.25. The Morgan fingerprint density at radius 3 is 2.53 bits per heavy atom. The van der Waals surface area contributed by atoms with Gasteiger partial charge < -0.3 is 19.3 Å². The second-order valence-electron chi connectivity index (χ2n) is 7.78. The van der Waals surface area contributed by atoms with Gasteiger partial charge in [0.2, 0.25) is 0 Å². The van der Waals surface area contributed by atoms with Gasteiger partial charge in [-0.1, -0.05) is 35.5 Å². The number of amides is 1. The van der Waals surface area contributed by atoms with Gasteiger partial charge in [0.25, 0.3) is 0 Å². The fourth-order valence-electron chi connectivity index (χ4n) is 2.87. The van der Waals surface area contributed by atoms with E-state index in [2.05, 4.69) is 20.5 Å². The van der Waals surface area contributed by atoms with Crippen LogP contribution in [0, 0.1) is 0 Å². The Balaban J connectivity index is 1.84. The van der Waals surface area contributed by atoms with Crippen molar-refractivity contribution < 1.29 is 23.6 Å². The maximum atomic E-state index is 12.8. The summed E-state index contributed by atoms with van der Waals surface area (Å²) in [7, 11) is 1.29. The van der Waals surface area contributed by atoms with Crippen LogP contribution >= 0.6 is 0 Å². The number of esters is 1. The number of fused-ring (bicyclic) bond motifs is 1. The molecular formula is C22H25N3O5. The topological polar surface area (TPSA) is 103 Å². The molecule has 0 unspecified atom stereocenters. The molecule has 0 aliphatic carbocycles. The molecule has 3 rings (SSSR count). The third-order valence-electron chi connectivity index (χ3n) is 4.19. The number of benzene rings is 2. The van der Waals surface area contributed by atoms with Crippen molar-refractivity contribution in [1.29, 1.82) is 0 Å². The maximum Gasteiger partial charge on any atom is 0.411 e. The number of anilines is 2. The molecule has 0 bridgehead atoms. The molecule has 2 aromatic carbocycles. The van der Waals surface area contributed by atoms with Crippen molar-refractivity contribution in [2.24, 2.45) is 0 Å². The van der Waals surface area contributed by atoms with E-state index in [0.29, 0.717) is 28.9 Å². The van der Waals surface area contributed by atoms with Gasteiger partial charge in [-0.2, -0.15) is 0 Å². The van der Waals surface area contributed by atoms with Crippen molar-refractivity contribution >= 4 is 34.5 Å². The molecule has 0 aliphatic rings. The van der Waals surface area contributed by atoms with Crippen molar-refractivity contribution in [1.82, 2.24) is 5.16 Å². The van der Waals surface area contributed by atoms with Crippen LogP contribution in [0.25, 0.3) is 11.0 Å². The largest absolute Gasteiger partial charge is 0.458 e. The van der Waals surface area contributed by atoms with Crippen LogP contribution in [-0.4, -0.2) is 36.0 Å². The summed E-state index contributed by atoms with van der Waals surface area (Å²) in [6.07, 6.45) is -0.161. The Hall–Kier alpha value is -3.55. The summed E-state index contributed by atoms with van der Waals surface area (Å²) < 4.78 is 15.6. The number of nitrogens with zero attached hydrogens (tertiary/aromatic N) is 1. The Morgan fingerprint density at radius 1 is 1.13 bits per heavy atom. The van der Waals surface area contributed by atoms with Crippen LogP contribution < -0.4 is 10.6 Å². The number of hydrogen-bond acceptors (Lipinski definition) is 7. The second-order valence-corrected chi connectivity index (χ2v) is 7.78. The molecule has 1 heterocycles. The number of carbonyl (C=O) groups excluding carboxylic acids is 2. The second kappa shape index (κ2) is 8.86. The first-order valence-electron chi connectivity index (χ1n) is 9.53. The molecule has 30 heavy (non-hydrogen) atoms. The SMILES string of the molecule is COC(=O)Nc1ccc2c(N[C@@H](Cc3ccccc3)C(=O)OC(C)(C)C)noc2c1. The molecule has 2 N–H and O–H groups in total. The molecule has 0 saturated heterocycles. The molecule has 0 aliphatic heterocycles. The number of ether oxygens (including phenoxy) is 2. The minimum atomic E-state index is -0.659. The van der Waals surface area contributed by atoms with Crippen LogP contribution in [0.5, 0.6) is 0 Å². The molecule has 0 saturated carbocycles. The third-order valence-corrected chi connectivity index (χ3v) is 4.19. The van der Waals surface area contributed by atoms with E-state index < -0.39 is 17.7 Å². The lowest BCUT2D eigenvalue weighted by Gasteiger charge is -2.24. The molecule has 8 heteroatoms. The predicted octanol–water partition coefficient (Wildman–Crippen LogP) is 4.37. The van der Waals surface area contributed by atoms with Crippen molar-refractivity contribution in [3.05, 3.63) is 54.1 Å². The summed E-state index contributed by atoms with van der Waals surface area (Å²) in [5.74, 6) is 0.0351. The van der Waals surface area contributed by atoms with Gasteiger partial charge in [-0.05, 0) is 38.5 Å². The van der Waals surface area contributed by atoms with E-state index >= 15 is 0 Å². The molecule has 0 fully saturated rings. The van der Waals surface area contributed by atoms with Crippen LogP contribution in [0.1, 0.15) is 26.3 Å². The zero-order valence-corrected chi connectivity index (χ0v) is 17.4. The smallest absolute Gasteiger partial charge is 0.411 e. The number of carbonyl (C=O) groups is 2. The van der Waals surface area contributed by atoms with Crippen LogP contribution in [0.4, 0.5) is 16.3 Å². The maximum absolute atomic E-state index is 12.8. The van der Waals surface area contributed by atoms with Crippen LogP contribution in [0.3, 0.4) is 0 Å². The van der Waals surface area contributed by atoms with E-state index in [9.17, 15) is 9.59 Å². The molecule has 1 atom stereocenters. The van der Waals surface area contributed by atoms with Gasteiger partial charge >= 0.3 is 12.1 Å². The first-order valence-corrected chi connectivity index (χ1v) is 9.53. The normalized spacial score (nSPS) is 12.3. The van der Waals surface area contributed by atoms with Gasteiger partial charge in [0.05, 0.1) is 12.5 Å². The fraction of sp³-hybridized carbons (Fsp3) is 0.318. The Morgan fingerprint density at radius 2 is 1.87 bits per heavy atom. The Labute approximate surface area is 174 Å². The van der Waals surface area contributed by atoms with Gasteiger partial charge in [0.15, 0.2) is 11.4 Å². The standard InChI is InChI=1S/C22H25N3O5/c1-22(2,3)29-20(26)17(12-14-8-6-5-7-9-14)24-19-16-11-10-15(23-21(27)28-4)13-18(16)30-25-19/h5-11,13,17H,12H2,1-4H3,(H,23,27)(H,24,25)/t17-/m0/s1. The quantitative estimate of drug-likeness (QED) is 0.581. The highest BCUT2D eigenvalue weighted by atomic mass is 16.6. The monoisotopic (exact) mass is 411 g/mol. The molecule has 8 nitrogen and oxygen atoms in total. The van der Waals surface area contributed by atoms with E-state index in [1.165, 1.54) is 7.11 Å². The van der Waals surface area contributed by atoms with Gasteiger partial charge in [-0.25, -0.2) is 9.59 Å². The summed E-state index contributed by atoms with van der Waals surface area (Å²) in [6.45, 7) is 5.48. The van der Waals surface area contributed by atoms with Crippen LogP contribution in [0.15, 0.2) is 53.1 Å². The van der Waals surface area contributed by atoms with Crippen molar-refractivity contribution in [2.45, 2.75) is 38.8 Å². The summed E-state index contributed by atoms with van der Waals surface area (Å²) in [6, 6.07) is 14.1. The number of hydrogen-bond donors (Lipinski definition) is 2. The minimum absolute atomic E-state index is 0.383. The van der Waals surface area contributed by atoms with Gasteiger partial charge in [-0.3, -0.25) is 5.32 Å². The predicted molar refractivity (Wildman–Crippen MR) is 113 cm³/mol. The highest BCUT2D eigenvalue weighted by Gasteiger charge is 2.27. The van der Waals surface area contributed by atoms with Crippen LogP contribution in [-0.2, 0) is 20.7 Å². The number of methoxy groups -OCH3 is 1. The van der Waals surface area contributed by atoms with E-state index in [0.717, 1.165) is 5.56 Å². The van der Waals surface area contributed by atoms with E-state index in [-0.39, 0.29) is 5.97 Å². The zero-order valence-electron chi connectivity index (χ0n) is 17.4. The first-order chi connectivity index (χ1) is 14.2. The molecule has 0 radical (unpaired) electrons. The van der Waals surface area contributed by atoms with Crippen molar-refractivity contribution in [3.63, 3.8) is 0 Å². The summed E-state index contributed by atoms with van der Waals surface area (Å²) in [5.41, 5.74) is 1.32. The van der Waals surface area contributed by atoms with E-state index in [4.69, 9.17) is 9.26 Å². The Bertz CT molecular complexity index is 1020. The molecule has 0 spiro atoms. The highest BCUT2D eigenvalue weighted by Crippen LogP contribution is 2.27. The fourth-order valence-corrected chi connectivity index (χ4v) is 2.87. The number of rotatable bonds is 6. The van der Waals surface area contributed by atoms with Crippen molar-refractivity contribution in [3.8, 4) is 0 Å². The first kappa shape index (κ1) is 21.2. The van der Waals surface area contributed by atoms with E-state index in [1.807, 2.05) is 51.1 Å². The summed E-state index contributed by atoms with van der Waals surface area (Å²) in [5, 5.41) is 10.5. The lowest BCUT2D eigenvalue weighted by atomic mass is 10.1. The van der Waals surface area contributed by atoms with Gasteiger partial charge in [0, 0.05) is 18.2 Å². The molecular weight excluding hydrogens is 386 g/mol. The summed E-state index contributed by atoms with van der Waals surface area (Å²) in [4.78, 5) is 24.2. The molecule has 1 amide bonds. The molecule has 3 aromatic rings. The number of aromatic nitrogens is 1. The van der Waals surface area contributed by atoms with Crippen LogP contribution in [0.2, 0.25) is 0 Å². The van der Waals surface area contributed by atoms with Crippen molar-refractivity contribution in [2.75, 3.05) is 17.7 Å². The number of nitrogens with one attached hydrogen (secondary N) is 2.